The van der Waals surface area contributed by atoms with Crippen molar-refractivity contribution in [3.05, 3.63) is 22.4 Å². The molecule has 104 valence electrons. The van der Waals surface area contributed by atoms with Crippen LogP contribution in [0.25, 0.3) is 0 Å². The van der Waals surface area contributed by atoms with Crippen molar-refractivity contribution < 1.29 is 14.7 Å². The fourth-order valence-electron chi connectivity index (χ4n) is 1.93. The van der Waals surface area contributed by atoms with Gasteiger partial charge >= 0.3 is 0 Å². The van der Waals surface area contributed by atoms with Gasteiger partial charge in [-0.3, -0.25) is 9.59 Å². The van der Waals surface area contributed by atoms with E-state index in [9.17, 15) is 9.59 Å². The molecule has 1 aromatic heterocycles. The van der Waals surface area contributed by atoms with E-state index in [4.69, 9.17) is 5.11 Å². The molecule has 0 saturated heterocycles. The van der Waals surface area contributed by atoms with Crippen molar-refractivity contribution in [3.8, 4) is 0 Å². The molecule has 0 spiro atoms. The van der Waals surface area contributed by atoms with E-state index in [0.717, 1.165) is 12.8 Å². The Hall–Kier alpha value is -1.40. The summed E-state index contributed by atoms with van der Waals surface area (Å²) in [6, 6.07) is 2.05. The van der Waals surface area contributed by atoms with E-state index in [1.807, 2.05) is 5.38 Å². The van der Waals surface area contributed by atoms with Crippen LogP contribution < -0.4 is 5.32 Å². The summed E-state index contributed by atoms with van der Waals surface area (Å²) in [6.45, 7) is 0.716. The Morgan fingerprint density at radius 1 is 1.47 bits per heavy atom. The van der Waals surface area contributed by atoms with Gasteiger partial charge in [0.15, 0.2) is 0 Å². The Bertz CT molecular complexity index is 429. The number of rotatable bonds is 7. The van der Waals surface area contributed by atoms with Gasteiger partial charge in [-0.1, -0.05) is 0 Å². The molecule has 19 heavy (non-hydrogen) atoms. The highest BCUT2D eigenvalue weighted by Gasteiger charge is 2.31. The van der Waals surface area contributed by atoms with E-state index in [1.54, 1.807) is 16.3 Å². The Kier molecular flexibility index (Phi) is 4.93. The quantitative estimate of drug-likeness (QED) is 0.779. The second-order valence-corrected chi connectivity index (χ2v) is 5.34. The molecule has 2 rings (SSSR count). The number of amides is 2. The predicted octanol–water partition coefficient (Wildman–Crippen LogP) is 0.851. The van der Waals surface area contributed by atoms with E-state index in [1.165, 1.54) is 11.3 Å². The molecule has 0 aliphatic heterocycles. The van der Waals surface area contributed by atoms with Gasteiger partial charge in [0.25, 0.3) is 5.91 Å². The maximum atomic E-state index is 11.9. The second-order valence-electron chi connectivity index (χ2n) is 4.56. The van der Waals surface area contributed by atoms with E-state index >= 15 is 0 Å². The number of carbonyl (C=O) groups is 2. The average Bonchev–Trinajstić information content (AvgIpc) is 3.08. The molecule has 1 aliphatic carbocycles. The normalized spacial score (nSPS) is 14.2. The van der Waals surface area contributed by atoms with Crippen LogP contribution in [0.1, 0.15) is 29.6 Å². The summed E-state index contributed by atoms with van der Waals surface area (Å²) in [5.74, 6) is -0.142. The van der Waals surface area contributed by atoms with Crippen molar-refractivity contribution in [1.29, 1.82) is 0 Å². The van der Waals surface area contributed by atoms with Crippen LogP contribution in [-0.4, -0.2) is 47.6 Å². The Morgan fingerprint density at radius 3 is 2.84 bits per heavy atom. The first-order valence-electron chi connectivity index (χ1n) is 6.43. The summed E-state index contributed by atoms with van der Waals surface area (Å²) >= 11 is 1.47. The molecular formula is C13H18N2O3S. The van der Waals surface area contributed by atoms with Gasteiger partial charge < -0.3 is 15.3 Å². The van der Waals surface area contributed by atoms with Gasteiger partial charge in [-0.2, -0.15) is 11.3 Å². The summed E-state index contributed by atoms with van der Waals surface area (Å²) < 4.78 is 0. The van der Waals surface area contributed by atoms with Crippen LogP contribution >= 0.6 is 11.3 Å². The molecule has 1 aromatic rings. The van der Waals surface area contributed by atoms with Crippen LogP contribution in [-0.2, 0) is 4.79 Å². The van der Waals surface area contributed by atoms with Crippen LogP contribution in [0.4, 0.5) is 0 Å². The average molecular weight is 282 g/mol. The van der Waals surface area contributed by atoms with Crippen molar-refractivity contribution in [2.75, 3.05) is 19.7 Å². The summed E-state index contributed by atoms with van der Waals surface area (Å²) in [6.07, 6.45) is 2.33. The van der Waals surface area contributed by atoms with E-state index in [0.29, 0.717) is 24.7 Å². The fourth-order valence-corrected chi connectivity index (χ4v) is 2.56. The summed E-state index contributed by atoms with van der Waals surface area (Å²) in [5, 5.41) is 15.3. The minimum absolute atomic E-state index is 0.00201. The number of carbonyl (C=O) groups excluding carboxylic acids is 2. The number of thiophene rings is 1. The predicted molar refractivity (Wildman–Crippen MR) is 73.1 cm³/mol. The molecule has 5 nitrogen and oxygen atoms in total. The molecule has 0 unspecified atom stereocenters. The monoisotopic (exact) mass is 282 g/mol. The van der Waals surface area contributed by atoms with E-state index in [-0.39, 0.29) is 24.8 Å². The standard InChI is InChI=1S/C13H18N2O3S/c16-7-6-15(11-1-2-11)12(17)3-5-14-13(18)10-4-8-19-9-10/h4,8-9,11,16H,1-3,5-7H2,(H,14,18). The first kappa shape index (κ1) is 14.0. The lowest BCUT2D eigenvalue weighted by Gasteiger charge is -2.21. The Labute approximate surface area is 116 Å². The lowest BCUT2D eigenvalue weighted by atomic mass is 10.3. The molecule has 2 amide bonds. The zero-order valence-corrected chi connectivity index (χ0v) is 11.5. The van der Waals surface area contributed by atoms with E-state index < -0.39 is 0 Å². The summed E-state index contributed by atoms with van der Waals surface area (Å²) in [4.78, 5) is 25.3. The molecule has 1 aliphatic rings. The van der Waals surface area contributed by atoms with Crippen molar-refractivity contribution in [2.45, 2.75) is 25.3 Å². The molecule has 1 saturated carbocycles. The Balaban J connectivity index is 1.72. The molecule has 1 heterocycles. The van der Waals surface area contributed by atoms with Crippen LogP contribution in [0.3, 0.4) is 0 Å². The van der Waals surface area contributed by atoms with Crippen molar-refractivity contribution in [2.24, 2.45) is 0 Å². The highest BCUT2D eigenvalue weighted by Crippen LogP contribution is 2.26. The highest BCUT2D eigenvalue weighted by atomic mass is 32.1. The van der Waals surface area contributed by atoms with Crippen LogP contribution in [0.2, 0.25) is 0 Å². The van der Waals surface area contributed by atoms with Gasteiger partial charge in [0.2, 0.25) is 5.91 Å². The lowest BCUT2D eigenvalue weighted by molar-refractivity contribution is -0.132. The number of nitrogens with zero attached hydrogens (tertiary/aromatic N) is 1. The third-order valence-electron chi connectivity index (χ3n) is 3.06. The smallest absolute Gasteiger partial charge is 0.252 e. The van der Waals surface area contributed by atoms with Gasteiger partial charge in [0.1, 0.15) is 0 Å². The maximum absolute atomic E-state index is 11.9. The minimum Gasteiger partial charge on any atom is -0.395 e. The molecular weight excluding hydrogens is 264 g/mol. The number of hydrogen-bond donors (Lipinski definition) is 2. The van der Waals surface area contributed by atoms with Gasteiger partial charge in [-0.05, 0) is 24.3 Å². The molecule has 0 radical (unpaired) electrons. The molecule has 1 fully saturated rings. The van der Waals surface area contributed by atoms with Gasteiger partial charge in [-0.15, -0.1) is 0 Å². The highest BCUT2D eigenvalue weighted by molar-refractivity contribution is 7.08. The van der Waals surface area contributed by atoms with Crippen LogP contribution in [0.15, 0.2) is 16.8 Å². The zero-order chi connectivity index (χ0) is 13.7. The van der Waals surface area contributed by atoms with E-state index in [2.05, 4.69) is 5.32 Å². The third kappa shape index (κ3) is 4.04. The molecule has 0 bridgehead atoms. The van der Waals surface area contributed by atoms with Crippen molar-refractivity contribution in [3.63, 3.8) is 0 Å². The molecule has 6 heteroatoms. The van der Waals surface area contributed by atoms with Crippen LogP contribution in [0.5, 0.6) is 0 Å². The number of hydrogen-bond acceptors (Lipinski definition) is 4. The van der Waals surface area contributed by atoms with Gasteiger partial charge in [0, 0.05) is 36.5 Å². The van der Waals surface area contributed by atoms with Gasteiger partial charge in [-0.25, -0.2) is 0 Å². The molecule has 2 N–H and O–H groups in total. The lowest BCUT2D eigenvalue weighted by Crippen LogP contribution is -2.37. The summed E-state index contributed by atoms with van der Waals surface area (Å²) in [5.41, 5.74) is 0.631. The largest absolute Gasteiger partial charge is 0.395 e. The SMILES string of the molecule is O=C(NCCC(=O)N(CCO)C1CC1)c1ccsc1. The summed E-state index contributed by atoms with van der Waals surface area (Å²) in [7, 11) is 0. The fraction of sp³-hybridized carbons (Fsp3) is 0.538. The number of nitrogens with one attached hydrogen (secondary N) is 1. The topological polar surface area (TPSA) is 69.6 Å². The first-order chi connectivity index (χ1) is 9.22. The zero-order valence-electron chi connectivity index (χ0n) is 10.7. The van der Waals surface area contributed by atoms with Crippen molar-refractivity contribution in [1.82, 2.24) is 10.2 Å². The maximum Gasteiger partial charge on any atom is 0.252 e. The molecule has 0 aromatic carbocycles. The van der Waals surface area contributed by atoms with Crippen molar-refractivity contribution >= 4 is 23.2 Å². The number of aliphatic hydroxyl groups excluding tert-OH is 1. The third-order valence-corrected chi connectivity index (χ3v) is 3.74. The second kappa shape index (κ2) is 6.68. The first-order valence-corrected chi connectivity index (χ1v) is 7.37. The minimum atomic E-state index is -0.144. The van der Waals surface area contributed by atoms with Gasteiger partial charge in [0.05, 0.1) is 6.61 Å². The Morgan fingerprint density at radius 2 is 2.26 bits per heavy atom. The number of aliphatic hydroxyl groups is 1. The van der Waals surface area contributed by atoms with Crippen LogP contribution in [0, 0.1) is 0 Å². The molecule has 0 atom stereocenters.